The maximum atomic E-state index is 12.4. The monoisotopic (exact) mass is 363 g/mol. The van der Waals surface area contributed by atoms with Gasteiger partial charge in [-0.15, -0.1) is 0 Å². The van der Waals surface area contributed by atoms with E-state index in [1.54, 1.807) is 11.9 Å². The molecular weight excluding hydrogens is 350 g/mol. The molecule has 0 radical (unpaired) electrons. The number of thiocarbonyl (C=S) groups is 1. The zero-order chi connectivity index (χ0) is 14.9. The molecule has 0 saturated carbocycles. The first kappa shape index (κ1) is 13.3. The molecule has 1 aromatic heterocycles. The maximum Gasteiger partial charge on any atom is 0.251 e. The predicted octanol–water partition coefficient (Wildman–Crippen LogP) is 2.98. The highest BCUT2D eigenvalue weighted by molar-refractivity contribution is 9.10. The fraction of sp³-hybridized carbons (Fsp3) is 0.333. The number of likely N-dealkylation sites (N-methyl/N-ethyl adjacent to an activating group) is 1. The van der Waals surface area contributed by atoms with Crippen LogP contribution in [0.5, 0.6) is 0 Å². The SMILES string of the molecule is C[C@H]1c2[nH]c3cccc(Br)c3c2C[C@@H]2C(=O)N(C)C(=S)N21. The van der Waals surface area contributed by atoms with E-state index in [1.165, 1.54) is 16.6 Å². The van der Waals surface area contributed by atoms with Gasteiger partial charge in [-0.1, -0.05) is 22.0 Å². The van der Waals surface area contributed by atoms with Crippen LogP contribution >= 0.6 is 28.1 Å². The summed E-state index contributed by atoms with van der Waals surface area (Å²) in [5, 5.41) is 1.81. The van der Waals surface area contributed by atoms with Gasteiger partial charge in [0.25, 0.3) is 5.91 Å². The van der Waals surface area contributed by atoms with E-state index in [0.29, 0.717) is 11.5 Å². The Morgan fingerprint density at radius 3 is 2.95 bits per heavy atom. The van der Waals surface area contributed by atoms with Crippen molar-refractivity contribution in [1.82, 2.24) is 14.8 Å². The number of benzene rings is 1. The first-order valence-corrected chi connectivity index (χ1v) is 8.09. The Bertz CT molecular complexity index is 800. The van der Waals surface area contributed by atoms with Crippen molar-refractivity contribution in [1.29, 1.82) is 0 Å². The minimum absolute atomic E-state index is 0.0828. The molecule has 2 aliphatic heterocycles. The lowest BCUT2D eigenvalue weighted by molar-refractivity contribution is -0.127. The third kappa shape index (κ3) is 1.60. The van der Waals surface area contributed by atoms with E-state index in [0.717, 1.165) is 9.99 Å². The molecule has 0 bridgehead atoms. The van der Waals surface area contributed by atoms with E-state index >= 15 is 0 Å². The Morgan fingerprint density at radius 2 is 2.19 bits per heavy atom. The van der Waals surface area contributed by atoms with Crippen LogP contribution in [0.15, 0.2) is 22.7 Å². The molecule has 4 nitrogen and oxygen atoms in total. The van der Waals surface area contributed by atoms with Crippen molar-refractivity contribution in [3.05, 3.63) is 33.9 Å². The Kier molecular flexibility index (Phi) is 2.72. The molecule has 0 unspecified atom stereocenters. The van der Waals surface area contributed by atoms with Gasteiger partial charge in [-0.25, -0.2) is 0 Å². The molecule has 0 aliphatic carbocycles. The van der Waals surface area contributed by atoms with Crippen LogP contribution < -0.4 is 0 Å². The van der Waals surface area contributed by atoms with E-state index < -0.39 is 0 Å². The average molecular weight is 364 g/mol. The van der Waals surface area contributed by atoms with Gasteiger partial charge >= 0.3 is 0 Å². The topological polar surface area (TPSA) is 39.3 Å². The lowest BCUT2D eigenvalue weighted by Gasteiger charge is -2.34. The van der Waals surface area contributed by atoms with Crippen molar-refractivity contribution >= 4 is 50.1 Å². The molecule has 1 aromatic carbocycles. The molecule has 108 valence electrons. The summed E-state index contributed by atoms with van der Waals surface area (Å²) in [6.45, 7) is 2.10. The lowest BCUT2D eigenvalue weighted by Crippen LogP contribution is -2.42. The van der Waals surface area contributed by atoms with Gasteiger partial charge in [0.05, 0.1) is 6.04 Å². The van der Waals surface area contributed by atoms with E-state index in [1.807, 2.05) is 12.1 Å². The highest BCUT2D eigenvalue weighted by Gasteiger charge is 2.47. The molecule has 1 saturated heterocycles. The number of nitrogens with one attached hydrogen (secondary N) is 1. The second-order valence-electron chi connectivity index (χ2n) is 5.66. The number of rotatable bonds is 0. The summed E-state index contributed by atoms with van der Waals surface area (Å²) >= 11 is 9.07. The standard InChI is InChI=1S/C15H14BrN3OS/c1-7-13-8(12-9(16)4-3-5-10(12)17-13)6-11-14(20)18(2)15(21)19(7)11/h3-5,7,11,17H,6H2,1-2H3/t7-,11+/m0/s1. The molecular formula is C15H14BrN3OS. The van der Waals surface area contributed by atoms with Crippen LogP contribution in [0.2, 0.25) is 0 Å². The number of fused-ring (bicyclic) bond motifs is 4. The van der Waals surface area contributed by atoms with Gasteiger partial charge in [0.15, 0.2) is 5.11 Å². The molecule has 1 N–H and O–H groups in total. The van der Waals surface area contributed by atoms with Gasteiger partial charge in [-0.2, -0.15) is 0 Å². The summed E-state index contributed by atoms with van der Waals surface area (Å²) in [5.74, 6) is 0.0962. The molecule has 4 rings (SSSR count). The van der Waals surface area contributed by atoms with Crippen molar-refractivity contribution < 1.29 is 4.79 Å². The van der Waals surface area contributed by atoms with Crippen LogP contribution in [-0.2, 0) is 11.2 Å². The van der Waals surface area contributed by atoms with Crippen molar-refractivity contribution in [2.24, 2.45) is 0 Å². The highest BCUT2D eigenvalue weighted by Crippen LogP contribution is 2.42. The fourth-order valence-corrected chi connectivity index (χ4v) is 4.54. The van der Waals surface area contributed by atoms with Crippen LogP contribution in [0.4, 0.5) is 0 Å². The van der Waals surface area contributed by atoms with Crippen molar-refractivity contribution in [3.63, 3.8) is 0 Å². The van der Waals surface area contributed by atoms with E-state index in [-0.39, 0.29) is 18.0 Å². The number of hydrogen-bond donors (Lipinski definition) is 1. The molecule has 0 spiro atoms. The zero-order valence-electron chi connectivity index (χ0n) is 11.7. The van der Waals surface area contributed by atoms with Gasteiger partial charge in [0.1, 0.15) is 6.04 Å². The Labute approximate surface area is 136 Å². The largest absolute Gasteiger partial charge is 0.356 e. The third-order valence-electron chi connectivity index (χ3n) is 4.60. The Morgan fingerprint density at radius 1 is 1.43 bits per heavy atom. The molecule has 1 amide bonds. The molecule has 6 heteroatoms. The zero-order valence-corrected chi connectivity index (χ0v) is 14.1. The second-order valence-corrected chi connectivity index (χ2v) is 6.88. The van der Waals surface area contributed by atoms with E-state index in [4.69, 9.17) is 12.2 Å². The first-order chi connectivity index (χ1) is 10.0. The van der Waals surface area contributed by atoms with Gasteiger partial charge in [-0.05, 0) is 36.8 Å². The number of nitrogens with zero attached hydrogens (tertiary/aromatic N) is 2. The van der Waals surface area contributed by atoms with Crippen molar-refractivity contribution in [3.8, 4) is 0 Å². The minimum Gasteiger partial charge on any atom is -0.356 e. The predicted molar refractivity (Wildman–Crippen MR) is 89.1 cm³/mol. The fourth-order valence-electron chi connectivity index (χ4n) is 3.56. The van der Waals surface area contributed by atoms with Gasteiger partial charge in [0, 0.05) is 34.5 Å². The number of H-pyrrole nitrogens is 1. The summed E-state index contributed by atoms with van der Waals surface area (Å²) < 4.78 is 1.07. The van der Waals surface area contributed by atoms with E-state index in [9.17, 15) is 4.79 Å². The normalized spacial score (nSPS) is 24.7. The quantitative estimate of drug-likeness (QED) is 0.731. The molecule has 3 heterocycles. The number of amides is 1. The smallest absolute Gasteiger partial charge is 0.251 e. The Balaban J connectivity index is 1.95. The number of carbonyl (C=O) groups is 1. The van der Waals surface area contributed by atoms with Crippen LogP contribution in [-0.4, -0.2) is 38.9 Å². The minimum atomic E-state index is -0.170. The summed E-state index contributed by atoms with van der Waals surface area (Å²) in [7, 11) is 1.76. The maximum absolute atomic E-state index is 12.4. The van der Waals surface area contributed by atoms with Gasteiger partial charge in [0.2, 0.25) is 0 Å². The Hall–Kier alpha value is -1.40. The molecule has 2 aromatic rings. The number of aromatic nitrogens is 1. The molecule has 2 aliphatic rings. The van der Waals surface area contributed by atoms with Crippen molar-refractivity contribution in [2.75, 3.05) is 7.05 Å². The van der Waals surface area contributed by atoms with E-state index in [2.05, 4.69) is 38.8 Å². The molecule has 2 atom stereocenters. The van der Waals surface area contributed by atoms with Crippen molar-refractivity contribution in [2.45, 2.75) is 25.4 Å². The van der Waals surface area contributed by atoms with Gasteiger partial charge in [-0.3, -0.25) is 9.69 Å². The summed E-state index contributed by atoms with van der Waals surface area (Å²) in [6, 6.07) is 6.04. The number of hydrogen-bond acceptors (Lipinski definition) is 2. The summed E-state index contributed by atoms with van der Waals surface area (Å²) in [6.07, 6.45) is 0.700. The number of halogens is 1. The van der Waals surface area contributed by atoms with Crippen LogP contribution in [0.25, 0.3) is 10.9 Å². The average Bonchev–Trinajstić information content (AvgIpc) is 2.93. The summed E-state index contributed by atoms with van der Waals surface area (Å²) in [5.41, 5.74) is 3.50. The number of aromatic amines is 1. The molecule has 21 heavy (non-hydrogen) atoms. The molecule has 1 fully saturated rings. The van der Waals surface area contributed by atoms with Crippen LogP contribution in [0.3, 0.4) is 0 Å². The highest BCUT2D eigenvalue weighted by atomic mass is 79.9. The number of carbonyl (C=O) groups excluding carboxylic acids is 1. The van der Waals surface area contributed by atoms with Gasteiger partial charge < -0.3 is 9.88 Å². The summed E-state index contributed by atoms with van der Waals surface area (Å²) in [4.78, 5) is 19.6. The first-order valence-electron chi connectivity index (χ1n) is 6.89. The lowest BCUT2D eigenvalue weighted by atomic mass is 9.93. The third-order valence-corrected chi connectivity index (χ3v) is 5.75. The second kappa shape index (κ2) is 4.30. The van der Waals surface area contributed by atoms with Crippen LogP contribution in [0.1, 0.15) is 24.2 Å². The van der Waals surface area contributed by atoms with Crippen LogP contribution in [0, 0.1) is 0 Å².